The van der Waals surface area contributed by atoms with Gasteiger partial charge in [0.15, 0.2) is 0 Å². The van der Waals surface area contributed by atoms with Crippen LogP contribution in [0.25, 0.3) is 0 Å². The van der Waals surface area contributed by atoms with E-state index >= 15 is 0 Å². The Kier molecular flexibility index (Phi) is 5.26. The number of piperazine rings is 1. The van der Waals surface area contributed by atoms with Gasteiger partial charge in [-0.3, -0.25) is 4.90 Å². The molecule has 0 aromatic rings. The summed E-state index contributed by atoms with van der Waals surface area (Å²) in [5.41, 5.74) is 0. The van der Waals surface area contributed by atoms with Crippen LogP contribution in [0.15, 0.2) is 0 Å². The molecule has 0 aromatic carbocycles. The Bertz CT molecular complexity index is 168. The minimum absolute atomic E-state index is 0.554. The molecule has 1 atom stereocenters. The van der Waals surface area contributed by atoms with Crippen molar-refractivity contribution >= 4 is 11.8 Å². The van der Waals surface area contributed by atoms with Gasteiger partial charge in [0.25, 0.3) is 0 Å². The molecule has 0 amide bonds. The summed E-state index contributed by atoms with van der Waals surface area (Å²) >= 11 is 2.06. The first kappa shape index (κ1) is 11.7. The van der Waals surface area contributed by atoms with Crippen LogP contribution in [0.1, 0.15) is 12.8 Å². The van der Waals surface area contributed by atoms with Gasteiger partial charge in [0, 0.05) is 50.8 Å². The number of ether oxygens (including phenoxy) is 1. The fourth-order valence-corrected chi connectivity index (χ4v) is 3.20. The average molecular weight is 230 g/mol. The van der Waals surface area contributed by atoms with Crippen LogP contribution in [0.3, 0.4) is 0 Å². The van der Waals surface area contributed by atoms with Crippen LogP contribution in [0.4, 0.5) is 0 Å². The Morgan fingerprint density at radius 1 is 1.33 bits per heavy atom. The van der Waals surface area contributed by atoms with Gasteiger partial charge in [0.2, 0.25) is 0 Å². The van der Waals surface area contributed by atoms with Crippen molar-refractivity contribution in [1.82, 2.24) is 10.2 Å². The van der Waals surface area contributed by atoms with Gasteiger partial charge < -0.3 is 10.1 Å². The normalized spacial score (nSPS) is 28.4. The maximum atomic E-state index is 5.60. The van der Waals surface area contributed by atoms with Gasteiger partial charge in [-0.15, -0.1) is 0 Å². The molecule has 2 fully saturated rings. The Morgan fingerprint density at radius 2 is 2.20 bits per heavy atom. The van der Waals surface area contributed by atoms with Crippen molar-refractivity contribution in [1.29, 1.82) is 0 Å². The van der Waals surface area contributed by atoms with Gasteiger partial charge in [0.05, 0.1) is 6.10 Å². The first-order valence-electron chi connectivity index (χ1n) is 6.07. The van der Waals surface area contributed by atoms with E-state index < -0.39 is 0 Å². The van der Waals surface area contributed by atoms with Crippen molar-refractivity contribution in [3.63, 3.8) is 0 Å². The van der Waals surface area contributed by atoms with Crippen LogP contribution in [0, 0.1) is 0 Å². The number of thioether (sulfide) groups is 1. The van der Waals surface area contributed by atoms with Crippen LogP contribution in [0.2, 0.25) is 0 Å². The molecule has 4 heteroatoms. The molecule has 0 radical (unpaired) electrons. The Morgan fingerprint density at radius 3 is 2.93 bits per heavy atom. The van der Waals surface area contributed by atoms with E-state index in [1.807, 2.05) is 0 Å². The summed E-state index contributed by atoms with van der Waals surface area (Å²) in [5.74, 6) is 2.46. The molecule has 2 aliphatic rings. The van der Waals surface area contributed by atoms with Crippen molar-refractivity contribution in [2.45, 2.75) is 18.9 Å². The third-order valence-electron chi connectivity index (χ3n) is 3.09. The highest BCUT2D eigenvalue weighted by Crippen LogP contribution is 2.16. The Balaban J connectivity index is 1.47. The lowest BCUT2D eigenvalue weighted by atomic mass is 10.3. The molecule has 2 rings (SSSR count). The van der Waals surface area contributed by atoms with Gasteiger partial charge in [-0.05, 0) is 12.8 Å². The number of rotatable bonds is 5. The molecule has 15 heavy (non-hydrogen) atoms. The highest BCUT2D eigenvalue weighted by Gasteiger charge is 2.15. The second kappa shape index (κ2) is 6.74. The zero-order valence-electron chi connectivity index (χ0n) is 9.41. The molecule has 0 aliphatic carbocycles. The minimum atomic E-state index is 0.554. The fraction of sp³-hybridized carbons (Fsp3) is 1.00. The van der Waals surface area contributed by atoms with E-state index in [2.05, 4.69) is 22.0 Å². The van der Waals surface area contributed by atoms with E-state index in [4.69, 9.17) is 4.74 Å². The topological polar surface area (TPSA) is 24.5 Å². The van der Waals surface area contributed by atoms with Crippen LogP contribution >= 0.6 is 11.8 Å². The largest absolute Gasteiger partial charge is 0.377 e. The molecule has 2 aliphatic heterocycles. The maximum Gasteiger partial charge on any atom is 0.0666 e. The zero-order valence-corrected chi connectivity index (χ0v) is 10.2. The number of hydrogen-bond acceptors (Lipinski definition) is 4. The number of hydrogen-bond donors (Lipinski definition) is 1. The molecule has 0 spiro atoms. The second-order valence-corrected chi connectivity index (χ2v) is 5.45. The van der Waals surface area contributed by atoms with E-state index in [1.54, 1.807) is 0 Å². The fourth-order valence-electron chi connectivity index (χ4n) is 2.12. The van der Waals surface area contributed by atoms with Gasteiger partial charge in [0.1, 0.15) is 0 Å². The lowest BCUT2D eigenvalue weighted by molar-refractivity contribution is 0.129. The first-order valence-corrected chi connectivity index (χ1v) is 7.23. The molecule has 1 N–H and O–H groups in total. The van der Waals surface area contributed by atoms with E-state index in [-0.39, 0.29) is 0 Å². The molecule has 0 saturated carbocycles. The van der Waals surface area contributed by atoms with Gasteiger partial charge in [-0.1, -0.05) is 0 Å². The second-order valence-electron chi connectivity index (χ2n) is 4.30. The lowest BCUT2D eigenvalue weighted by Crippen LogP contribution is -2.44. The van der Waals surface area contributed by atoms with Crippen LogP contribution in [0.5, 0.6) is 0 Å². The van der Waals surface area contributed by atoms with Crippen molar-refractivity contribution in [2.75, 3.05) is 50.8 Å². The third kappa shape index (κ3) is 4.31. The third-order valence-corrected chi connectivity index (χ3v) is 4.17. The molecule has 0 aromatic heterocycles. The number of nitrogens with zero attached hydrogens (tertiary/aromatic N) is 1. The van der Waals surface area contributed by atoms with Crippen molar-refractivity contribution in [3.05, 3.63) is 0 Å². The molecule has 2 heterocycles. The average Bonchev–Trinajstić information content (AvgIpc) is 2.79. The summed E-state index contributed by atoms with van der Waals surface area (Å²) in [6.07, 6.45) is 3.10. The molecule has 2 saturated heterocycles. The Labute approximate surface area is 96.9 Å². The molecule has 3 nitrogen and oxygen atoms in total. The summed E-state index contributed by atoms with van der Waals surface area (Å²) in [6, 6.07) is 0. The van der Waals surface area contributed by atoms with Gasteiger partial charge in [-0.2, -0.15) is 11.8 Å². The summed E-state index contributed by atoms with van der Waals surface area (Å²) in [6.45, 7) is 7.01. The minimum Gasteiger partial charge on any atom is -0.377 e. The monoisotopic (exact) mass is 230 g/mol. The van der Waals surface area contributed by atoms with Crippen LogP contribution in [-0.2, 0) is 4.74 Å². The quantitative estimate of drug-likeness (QED) is 0.706. The SMILES string of the molecule is C1COC(CSCCN2CCNCC2)C1. The van der Waals surface area contributed by atoms with Crippen molar-refractivity contribution in [3.8, 4) is 0 Å². The standard InChI is InChI=1S/C11H22N2OS/c1-2-11(14-8-1)10-15-9-7-13-5-3-12-4-6-13/h11-12H,1-10H2. The molecular weight excluding hydrogens is 208 g/mol. The van der Waals surface area contributed by atoms with E-state index in [1.165, 1.54) is 44.0 Å². The number of nitrogens with one attached hydrogen (secondary N) is 1. The summed E-state index contributed by atoms with van der Waals surface area (Å²) in [4.78, 5) is 2.55. The van der Waals surface area contributed by atoms with Gasteiger partial charge in [-0.25, -0.2) is 0 Å². The van der Waals surface area contributed by atoms with Crippen LogP contribution < -0.4 is 5.32 Å². The molecule has 1 unspecified atom stereocenters. The highest BCUT2D eigenvalue weighted by molar-refractivity contribution is 7.99. The van der Waals surface area contributed by atoms with E-state index in [9.17, 15) is 0 Å². The van der Waals surface area contributed by atoms with E-state index in [0.29, 0.717) is 6.10 Å². The predicted molar refractivity (Wildman–Crippen MR) is 65.6 cm³/mol. The summed E-state index contributed by atoms with van der Waals surface area (Å²) in [5, 5.41) is 3.38. The summed E-state index contributed by atoms with van der Waals surface area (Å²) in [7, 11) is 0. The molecular formula is C11H22N2OS. The van der Waals surface area contributed by atoms with Crippen molar-refractivity contribution < 1.29 is 4.74 Å². The summed E-state index contributed by atoms with van der Waals surface area (Å²) < 4.78 is 5.60. The van der Waals surface area contributed by atoms with Gasteiger partial charge >= 0.3 is 0 Å². The smallest absolute Gasteiger partial charge is 0.0666 e. The maximum absolute atomic E-state index is 5.60. The zero-order chi connectivity index (χ0) is 10.3. The van der Waals surface area contributed by atoms with E-state index in [0.717, 1.165) is 19.7 Å². The first-order chi connectivity index (χ1) is 7.45. The molecule has 0 bridgehead atoms. The predicted octanol–water partition coefficient (Wildman–Crippen LogP) is 0.804. The molecule has 88 valence electrons. The van der Waals surface area contributed by atoms with Crippen molar-refractivity contribution in [2.24, 2.45) is 0 Å². The highest BCUT2D eigenvalue weighted by atomic mass is 32.2. The lowest BCUT2D eigenvalue weighted by Gasteiger charge is -2.27. The Hall–Kier alpha value is 0.230. The van der Waals surface area contributed by atoms with Crippen LogP contribution in [-0.4, -0.2) is 61.8 Å².